The van der Waals surface area contributed by atoms with Crippen molar-refractivity contribution < 1.29 is 14.6 Å². The van der Waals surface area contributed by atoms with Crippen LogP contribution in [0.5, 0.6) is 0 Å². The molecule has 0 fully saturated rings. The van der Waals surface area contributed by atoms with E-state index in [1.54, 1.807) is 13.2 Å². The van der Waals surface area contributed by atoms with Crippen LogP contribution in [-0.2, 0) is 22.7 Å². The highest BCUT2D eigenvalue weighted by Crippen LogP contribution is 2.05. The van der Waals surface area contributed by atoms with E-state index in [0.717, 1.165) is 17.2 Å². The van der Waals surface area contributed by atoms with E-state index in [-0.39, 0.29) is 0 Å². The van der Waals surface area contributed by atoms with E-state index in [2.05, 4.69) is 11.4 Å². The van der Waals surface area contributed by atoms with Crippen LogP contribution >= 0.6 is 0 Å². The van der Waals surface area contributed by atoms with Gasteiger partial charge in [0, 0.05) is 26.3 Å². The van der Waals surface area contributed by atoms with Crippen LogP contribution < -0.4 is 5.32 Å². The molecule has 0 aliphatic heterocycles. The molecule has 0 unspecified atom stereocenters. The number of hydrogen-bond donors (Lipinski definition) is 2. The SMILES string of the molecule is COCc1cccc(CNC/C=C/C(=O)O)c1. The number of nitrogens with one attached hydrogen (secondary N) is 1. The zero-order valence-electron chi connectivity index (χ0n) is 9.85. The van der Waals surface area contributed by atoms with Gasteiger partial charge in [-0.3, -0.25) is 0 Å². The number of aliphatic carboxylic acids is 1. The van der Waals surface area contributed by atoms with Gasteiger partial charge in [-0.2, -0.15) is 0 Å². The highest BCUT2D eigenvalue weighted by molar-refractivity contribution is 5.79. The Bertz CT molecular complexity index is 388. The fraction of sp³-hybridized carbons (Fsp3) is 0.308. The minimum Gasteiger partial charge on any atom is -0.478 e. The predicted molar refractivity (Wildman–Crippen MR) is 65.6 cm³/mol. The third kappa shape index (κ3) is 5.85. The molecule has 2 N–H and O–H groups in total. The van der Waals surface area contributed by atoms with Gasteiger partial charge >= 0.3 is 5.97 Å². The topological polar surface area (TPSA) is 58.6 Å². The third-order valence-electron chi connectivity index (χ3n) is 2.15. The molecular formula is C13H17NO3. The smallest absolute Gasteiger partial charge is 0.328 e. The number of ether oxygens (including phenoxy) is 1. The van der Waals surface area contributed by atoms with E-state index in [1.165, 1.54) is 0 Å². The molecule has 0 aliphatic rings. The number of rotatable bonds is 7. The summed E-state index contributed by atoms with van der Waals surface area (Å²) in [5.74, 6) is -0.922. The summed E-state index contributed by atoms with van der Waals surface area (Å²) in [7, 11) is 1.67. The quantitative estimate of drug-likeness (QED) is 0.556. The number of carboxylic acid groups (broad SMARTS) is 1. The summed E-state index contributed by atoms with van der Waals surface area (Å²) in [6, 6.07) is 8.08. The van der Waals surface area contributed by atoms with Gasteiger partial charge in [0.05, 0.1) is 6.61 Å². The maximum atomic E-state index is 10.2. The molecule has 0 bridgehead atoms. The molecule has 0 aliphatic carbocycles. The van der Waals surface area contributed by atoms with E-state index in [0.29, 0.717) is 19.7 Å². The van der Waals surface area contributed by atoms with E-state index in [1.807, 2.05) is 18.2 Å². The zero-order valence-corrected chi connectivity index (χ0v) is 9.85. The molecule has 0 heterocycles. The van der Waals surface area contributed by atoms with Crippen molar-refractivity contribution in [2.45, 2.75) is 13.2 Å². The van der Waals surface area contributed by atoms with Crippen LogP contribution in [-0.4, -0.2) is 24.7 Å². The summed E-state index contributed by atoms with van der Waals surface area (Å²) < 4.78 is 5.06. The van der Waals surface area contributed by atoms with Crippen LogP contribution in [0.4, 0.5) is 0 Å². The van der Waals surface area contributed by atoms with Crippen LogP contribution in [0, 0.1) is 0 Å². The average Bonchev–Trinajstić information content (AvgIpc) is 2.29. The fourth-order valence-corrected chi connectivity index (χ4v) is 1.46. The Morgan fingerprint density at radius 2 is 2.24 bits per heavy atom. The van der Waals surface area contributed by atoms with Gasteiger partial charge in [-0.15, -0.1) is 0 Å². The lowest BCUT2D eigenvalue weighted by Crippen LogP contribution is -2.13. The second-order valence-corrected chi connectivity index (χ2v) is 3.62. The van der Waals surface area contributed by atoms with Crippen molar-refractivity contribution >= 4 is 5.97 Å². The van der Waals surface area contributed by atoms with Crippen LogP contribution in [0.15, 0.2) is 36.4 Å². The molecule has 0 spiro atoms. The number of carboxylic acids is 1. The second kappa shape index (κ2) is 7.60. The van der Waals surface area contributed by atoms with E-state index in [9.17, 15) is 4.79 Å². The summed E-state index contributed by atoms with van der Waals surface area (Å²) in [4.78, 5) is 10.2. The van der Waals surface area contributed by atoms with Crippen LogP contribution in [0.3, 0.4) is 0 Å². The Hall–Kier alpha value is -1.65. The minimum atomic E-state index is -0.922. The highest BCUT2D eigenvalue weighted by atomic mass is 16.5. The second-order valence-electron chi connectivity index (χ2n) is 3.62. The van der Waals surface area contributed by atoms with Gasteiger partial charge in [-0.05, 0) is 11.1 Å². The first-order valence-electron chi connectivity index (χ1n) is 5.39. The van der Waals surface area contributed by atoms with Gasteiger partial charge in [-0.25, -0.2) is 4.79 Å². The molecule has 0 amide bonds. The van der Waals surface area contributed by atoms with E-state index < -0.39 is 5.97 Å². The lowest BCUT2D eigenvalue weighted by atomic mass is 10.1. The van der Waals surface area contributed by atoms with Crippen molar-refractivity contribution in [2.75, 3.05) is 13.7 Å². The largest absolute Gasteiger partial charge is 0.478 e. The van der Waals surface area contributed by atoms with Crippen molar-refractivity contribution in [2.24, 2.45) is 0 Å². The number of methoxy groups -OCH3 is 1. The molecular weight excluding hydrogens is 218 g/mol. The molecule has 0 saturated heterocycles. The van der Waals surface area contributed by atoms with Gasteiger partial charge < -0.3 is 15.2 Å². The Kier molecular flexibility index (Phi) is 5.99. The van der Waals surface area contributed by atoms with Gasteiger partial charge in [0.2, 0.25) is 0 Å². The lowest BCUT2D eigenvalue weighted by molar-refractivity contribution is -0.131. The maximum absolute atomic E-state index is 10.2. The molecule has 0 aromatic heterocycles. The van der Waals surface area contributed by atoms with E-state index in [4.69, 9.17) is 9.84 Å². The van der Waals surface area contributed by atoms with Crippen LogP contribution in [0.1, 0.15) is 11.1 Å². The molecule has 4 nitrogen and oxygen atoms in total. The molecule has 92 valence electrons. The molecule has 1 aromatic carbocycles. The van der Waals surface area contributed by atoms with Crippen molar-refractivity contribution in [3.05, 3.63) is 47.5 Å². The standard InChI is InChI=1S/C13H17NO3/c1-17-10-12-5-2-4-11(8-12)9-14-7-3-6-13(15)16/h2-6,8,14H,7,9-10H2,1H3,(H,15,16)/b6-3+. The number of carbonyl (C=O) groups is 1. The Balaban J connectivity index is 2.36. The third-order valence-corrected chi connectivity index (χ3v) is 2.15. The molecule has 0 atom stereocenters. The average molecular weight is 235 g/mol. The van der Waals surface area contributed by atoms with Gasteiger partial charge in [0.15, 0.2) is 0 Å². The molecule has 4 heteroatoms. The van der Waals surface area contributed by atoms with Crippen molar-refractivity contribution in [1.29, 1.82) is 0 Å². The Labute approximate surface area is 101 Å². The van der Waals surface area contributed by atoms with Gasteiger partial charge in [-0.1, -0.05) is 30.3 Å². The fourth-order valence-electron chi connectivity index (χ4n) is 1.46. The summed E-state index contributed by atoms with van der Waals surface area (Å²) in [5.41, 5.74) is 2.29. The van der Waals surface area contributed by atoms with Crippen molar-refractivity contribution in [3.63, 3.8) is 0 Å². The molecule has 0 saturated carbocycles. The summed E-state index contributed by atoms with van der Waals surface area (Å²) >= 11 is 0. The first kappa shape index (κ1) is 13.4. The van der Waals surface area contributed by atoms with Crippen molar-refractivity contribution in [1.82, 2.24) is 5.32 Å². The van der Waals surface area contributed by atoms with Crippen molar-refractivity contribution in [3.8, 4) is 0 Å². The normalized spacial score (nSPS) is 10.9. The predicted octanol–water partition coefficient (Wildman–Crippen LogP) is 1.56. The van der Waals surface area contributed by atoms with E-state index >= 15 is 0 Å². The Morgan fingerprint density at radius 3 is 2.94 bits per heavy atom. The molecule has 17 heavy (non-hydrogen) atoms. The molecule has 1 rings (SSSR count). The van der Waals surface area contributed by atoms with Gasteiger partial charge in [0.25, 0.3) is 0 Å². The lowest BCUT2D eigenvalue weighted by Gasteiger charge is -2.05. The first-order chi connectivity index (χ1) is 8.22. The highest BCUT2D eigenvalue weighted by Gasteiger charge is 1.95. The summed E-state index contributed by atoms with van der Waals surface area (Å²) in [6.07, 6.45) is 2.72. The maximum Gasteiger partial charge on any atom is 0.328 e. The molecule has 0 radical (unpaired) electrons. The molecule has 1 aromatic rings. The summed E-state index contributed by atoms with van der Waals surface area (Å²) in [5, 5.41) is 11.5. The number of hydrogen-bond acceptors (Lipinski definition) is 3. The minimum absolute atomic E-state index is 0.542. The zero-order chi connectivity index (χ0) is 12.5. The summed E-state index contributed by atoms with van der Waals surface area (Å²) in [6.45, 7) is 1.86. The number of benzene rings is 1. The monoisotopic (exact) mass is 235 g/mol. The van der Waals surface area contributed by atoms with Crippen LogP contribution in [0.2, 0.25) is 0 Å². The van der Waals surface area contributed by atoms with Crippen LogP contribution in [0.25, 0.3) is 0 Å². The van der Waals surface area contributed by atoms with Gasteiger partial charge in [0.1, 0.15) is 0 Å². The Morgan fingerprint density at radius 1 is 1.47 bits per heavy atom. The first-order valence-corrected chi connectivity index (χ1v) is 5.39.